The molecular formula is C25H32N4O. The molecule has 0 bridgehead atoms. The molecule has 0 saturated carbocycles. The van der Waals surface area contributed by atoms with Gasteiger partial charge in [-0.15, -0.1) is 0 Å². The van der Waals surface area contributed by atoms with Crippen molar-refractivity contribution in [3.8, 4) is 11.3 Å². The molecule has 0 radical (unpaired) electrons. The third-order valence-electron chi connectivity index (χ3n) is 6.35. The number of hydrogen-bond donors (Lipinski definition) is 2. The van der Waals surface area contributed by atoms with Crippen molar-refractivity contribution in [3.05, 3.63) is 53.3 Å². The molecule has 2 aromatic heterocycles. The van der Waals surface area contributed by atoms with E-state index in [2.05, 4.69) is 54.1 Å². The van der Waals surface area contributed by atoms with Crippen LogP contribution in [0.3, 0.4) is 0 Å². The predicted octanol–water partition coefficient (Wildman–Crippen LogP) is 4.71. The number of H-pyrrole nitrogens is 1. The number of aryl methyl sites for hydroxylation is 1. The number of nitrogens with one attached hydrogen (secondary N) is 1. The Morgan fingerprint density at radius 1 is 1.17 bits per heavy atom. The van der Waals surface area contributed by atoms with Gasteiger partial charge in [-0.1, -0.05) is 19.9 Å². The molecular weight excluding hydrogens is 372 g/mol. The number of piperidine rings is 1. The van der Waals surface area contributed by atoms with Crippen molar-refractivity contribution in [2.45, 2.75) is 58.4 Å². The van der Waals surface area contributed by atoms with E-state index in [-0.39, 0.29) is 17.9 Å². The summed E-state index contributed by atoms with van der Waals surface area (Å²) >= 11 is 0. The molecule has 1 unspecified atom stereocenters. The molecule has 3 aromatic rings. The van der Waals surface area contributed by atoms with Crippen molar-refractivity contribution in [3.63, 3.8) is 0 Å². The molecule has 1 fully saturated rings. The van der Waals surface area contributed by atoms with E-state index in [1.807, 2.05) is 24.9 Å². The topological polar surface area (TPSA) is 75.0 Å². The van der Waals surface area contributed by atoms with E-state index in [9.17, 15) is 4.79 Å². The maximum Gasteiger partial charge on any atom is 0.229 e. The zero-order valence-corrected chi connectivity index (χ0v) is 18.4. The van der Waals surface area contributed by atoms with E-state index >= 15 is 0 Å². The first kappa shape index (κ1) is 20.6. The number of nitrogens with two attached hydrogens (primary N) is 1. The fraction of sp³-hybridized carbons (Fsp3) is 0.440. The summed E-state index contributed by atoms with van der Waals surface area (Å²) in [7, 11) is 0. The molecule has 1 aliphatic rings. The normalized spacial score (nSPS) is 16.4. The van der Waals surface area contributed by atoms with Gasteiger partial charge in [0, 0.05) is 47.5 Å². The van der Waals surface area contributed by atoms with Crippen LogP contribution in [0, 0.1) is 6.92 Å². The number of benzene rings is 1. The molecule has 1 aromatic carbocycles. The van der Waals surface area contributed by atoms with Crippen LogP contribution in [0.4, 0.5) is 0 Å². The minimum atomic E-state index is -0.162. The second kappa shape index (κ2) is 8.23. The molecule has 1 saturated heterocycles. The van der Waals surface area contributed by atoms with E-state index in [1.165, 1.54) is 10.9 Å². The standard InChI is InChI=1S/C25H32N4O/c1-15(2)23-21-14-18(17(4)25(30)29-11-8-20(26)9-12-29)5-6-22(21)28-24(23)19-7-10-27-16(3)13-19/h5-7,10,13-15,17,20,28H,8-9,11-12,26H2,1-4H3. The molecule has 0 spiro atoms. The maximum atomic E-state index is 13.1. The third-order valence-corrected chi connectivity index (χ3v) is 6.35. The van der Waals surface area contributed by atoms with Crippen molar-refractivity contribution in [1.29, 1.82) is 0 Å². The highest BCUT2D eigenvalue weighted by Crippen LogP contribution is 2.37. The molecule has 158 valence electrons. The van der Waals surface area contributed by atoms with Crippen molar-refractivity contribution >= 4 is 16.8 Å². The fourth-order valence-electron chi connectivity index (χ4n) is 4.56. The lowest BCUT2D eigenvalue weighted by atomic mass is 9.92. The van der Waals surface area contributed by atoms with Crippen LogP contribution in [0.15, 0.2) is 36.5 Å². The predicted molar refractivity (Wildman–Crippen MR) is 123 cm³/mol. The summed E-state index contributed by atoms with van der Waals surface area (Å²) < 4.78 is 0. The van der Waals surface area contributed by atoms with Gasteiger partial charge in [-0.3, -0.25) is 9.78 Å². The van der Waals surface area contributed by atoms with E-state index in [1.54, 1.807) is 0 Å². The molecule has 0 aliphatic carbocycles. The summed E-state index contributed by atoms with van der Waals surface area (Å²) in [6.07, 6.45) is 3.64. The summed E-state index contributed by atoms with van der Waals surface area (Å²) in [5, 5.41) is 1.20. The number of carbonyl (C=O) groups excluding carboxylic acids is 1. The Balaban J connectivity index is 1.71. The molecule has 4 rings (SSSR count). The van der Waals surface area contributed by atoms with Crippen LogP contribution in [-0.2, 0) is 4.79 Å². The lowest BCUT2D eigenvalue weighted by Crippen LogP contribution is -2.44. The van der Waals surface area contributed by atoms with E-state index in [0.29, 0.717) is 5.92 Å². The lowest BCUT2D eigenvalue weighted by Gasteiger charge is -2.32. The van der Waals surface area contributed by atoms with Gasteiger partial charge in [0.25, 0.3) is 0 Å². The molecule has 3 heterocycles. The zero-order valence-electron chi connectivity index (χ0n) is 18.4. The lowest BCUT2D eigenvalue weighted by molar-refractivity contribution is -0.133. The fourth-order valence-corrected chi connectivity index (χ4v) is 4.56. The van der Waals surface area contributed by atoms with Crippen LogP contribution in [0.25, 0.3) is 22.2 Å². The van der Waals surface area contributed by atoms with Crippen molar-refractivity contribution in [2.24, 2.45) is 5.73 Å². The van der Waals surface area contributed by atoms with Gasteiger partial charge in [0.15, 0.2) is 0 Å². The molecule has 30 heavy (non-hydrogen) atoms. The number of nitrogens with zero attached hydrogens (tertiary/aromatic N) is 2. The van der Waals surface area contributed by atoms with Gasteiger partial charge in [-0.05, 0) is 68.0 Å². The minimum absolute atomic E-state index is 0.162. The Morgan fingerprint density at radius 2 is 1.90 bits per heavy atom. The highest BCUT2D eigenvalue weighted by molar-refractivity contribution is 5.93. The van der Waals surface area contributed by atoms with Gasteiger partial charge >= 0.3 is 0 Å². The van der Waals surface area contributed by atoms with Crippen molar-refractivity contribution in [1.82, 2.24) is 14.9 Å². The third kappa shape index (κ3) is 3.86. The maximum absolute atomic E-state index is 13.1. The van der Waals surface area contributed by atoms with Gasteiger partial charge in [-0.25, -0.2) is 0 Å². The van der Waals surface area contributed by atoms with Crippen LogP contribution in [0.2, 0.25) is 0 Å². The summed E-state index contributed by atoms with van der Waals surface area (Å²) in [5.74, 6) is 0.394. The van der Waals surface area contributed by atoms with Crippen molar-refractivity contribution < 1.29 is 4.79 Å². The van der Waals surface area contributed by atoms with Crippen LogP contribution in [0.1, 0.15) is 62.3 Å². The monoisotopic (exact) mass is 404 g/mol. The molecule has 1 atom stereocenters. The second-order valence-corrected chi connectivity index (χ2v) is 8.94. The number of amides is 1. The SMILES string of the molecule is Cc1cc(-c2[nH]c3ccc(C(C)C(=O)N4CCC(N)CC4)cc3c2C(C)C)ccn1. The Hall–Kier alpha value is -2.66. The van der Waals surface area contributed by atoms with Crippen LogP contribution >= 0.6 is 0 Å². The van der Waals surface area contributed by atoms with Crippen LogP contribution in [0.5, 0.6) is 0 Å². The van der Waals surface area contributed by atoms with Crippen LogP contribution in [-0.4, -0.2) is 39.9 Å². The number of fused-ring (bicyclic) bond motifs is 1. The second-order valence-electron chi connectivity index (χ2n) is 8.94. The van der Waals surface area contributed by atoms with Crippen LogP contribution < -0.4 is 5.73 Å². The molecule has 3 N–H and O–H groups in total. The highest BCUT2D eigenvalue weighted by Gasteiger charge is 2.26. The molecule has 1 amide bonds. The number of carbonyl (C=O) groups is 1. The van der Waals surface area contributed by atoms with Gasteiger partial charge in [0.05, 0.1) is 11.6 Å². The first-order chi connectivity index (χ1) is 14.3. The first-order valence-corrected chi connectivity index (χ1v) is 11.0. The minimum Gasteiger partial charge on any atom is -0.354 e. The highest BCUT2D eigenvalue weighted by atomic mass is 16.2. The number of aromatic nitrogens is 2. The molecule has 5 nitrogen and oxygen atoms in total. The van der Waals surface area contributed by atoms with Gasteiger partial charge < -0.3 is 15.6 Å². The summed E-state index contributed by atoms with van der Waals surface area (Å²) in [6, 6.07) is 10.8. The summed E-state index contributed by atoms with van der Waals surface area (Å²) in [5.41, 5.74) is 12.8. The van der Waals surface area contributed by atoms with Gasteiger partial charge in [-0.2, -0.15) is 0 Å². The van der Waals surface area contributed by atoms with Crippen molar-refractivity contribution in [2.75, 3.05) is 13.1 Å². The zero-order chi connectivity index (χ0) is 21.4. The number of pyridine rings is 1. The average molecular weight is 405 g/mol. The number of hydrogen-bond acceptors (Lipinski definition) is 3. The summed E-state index contributed by atoms with van der Waals surface area (Å²) in [4.78, 5) is 23.0. The van der Waals surface area contributed by atoms with E-state index < -0.39 is 0 Å². The Bertz CT molecular complexity index is 1060. The first-order valence-electron chi connectivity index (χ1n) is 11.0. The van der Waals surface area contributed by atoms with Gasteiger partial charge in [0.1, 0.15) is 0 Å². The Kier molecular flexibility index (Phi) is 5.65. The smallest absolute Gasteiger partial charge is 0.229 e. The summed E-state index contributed by atoms with van der Waals surface area (Å²) in [6.45, 7) is 10.0. The average Bonchev–Trinajstić information content (AvgIpc) is 3.12. The largest absolute Gasteiger partial charge is 0.354 e. The molecule has 5 heteroatoms. The number of aromatic amines is 1. The van der Waals surface area contributed by atoms with Gasteiger partial charge in [0.2, 0.25) is 5.91 Å². The van der Waals surface area contributed by atoms with E-state index in [4.69, 9.17) is 5.73 Å². The number of likely N-dealkylation sites (tertiary alicyclic amines) is 1. The Morgan fingerprint density at radius 3 is 2.57 bits per heavy atom. The number of rotatable bonds is 4. The Labute approximate surface area is 178 Å². The van der Waals surface area contributed by atoms with E-state index in [0.717, 1.165) is 54.0 Å². The quantitative estimate of drug-likeness (QED) is 0.661. The molecule has 1 aliphatic heterocycles.